The molecule has 1 aliphatic rings. The summed E-state index contributed by atoms with van der Waals surface area (Å²) in [4.78, 5) is 12.4. The largest absolute Gasteiger partial charge is 0.467 e. The molecule has 2 heterocycles. The molecular weight excluding hydrogens is 380 g/mol. The van der Waals surface area contributed by atoms with E-state index in [1.807, 2.05) is 36.7 Å². The van der Waals surface area contributed by atoms with Gasteiger partial charge in [0.1, 0.15) is 12.4 Å². The highest BCUT2D eigenvalue weighted by Crippen LogP contribution is 2.32. The van der Waals surface area contributed by atoms with Crippen LogP contribution in [0.2, 0.25) is 5.02 Å². The van der Waals surface area contributed by atoms with Gasteiger partial charge in [-0.2, -0.15) is 5.10 Å². The Morgan fingerprint density at radius 1 is 1.21 bits per heavy atom. The SMILES string of the molecule is Cc1cc(C)n(-c2ccc(C(=O)OCc3cc(Cl)cc4c3OCOC4)cc2)n1. The molecule has 6 nitrogen and oxygen atoms in total. The zero-order valence-corrected chi connectivity index (χ0v) is 16.3. The minimum absolute atomic E-state index is 0.0704. The highest BCUT2D eigenvalue weighted by Gasteiger charge is 2.18. The Hall–Kier alpha value is -2.83. The van der Waals surface area contributed by atoms with Crippen molar-refractivity contribution in [3.8, 4) is 11.4 Å². The number of ether oxygens (including phenoxy) is 3. The highest BCUT2D eigenvalue weighted by atomic mass is 35.5. The quantitative estimate of drug-likeness (QED) is 0.611. The molecule has 0 saturated carbocycles. The number of rotatable bonds is 4. The van der Waals surface area contributed by atoms with Crippen molar-refractivity contribution in [2.45, 2.75) is 27.1 Å². The van der Waals surface area contributed by atoms with Crippen LogP contribution in [0.1, 0.15) is 32.9 Å². The van der Waals surface area contributed by atoms with Crippen LogP contribution in [0.3, 0.4) is 0 Å². The van der Waals surface area contributed by atoms with E-state index in [0.29, 0.717) is 22.9 Å². The Labute approximate surface area is 167 Å². The van der Waals surface area contributed by atoms with Crippen LogP contribution in [0.15, 0.2) is 42.5 Å². The molecule has 0 spiro atoms. The van der Waals surface area contributed by atoms with Crippen molar-refractivity contribution in [2.24, 2.45) is 0 Å². The zero-order chi connectivity index (χ0) is 19.7. The number of hydrogen-bond donors (Lipinski definition) is 0. The first-order valence-corrected chi connectivity index (χ1v) is 9.22. The number of fused-ring (bicyclic) bond motifs is 1. The maximum absolute atomic E-state index is 12.4. The lowest BCUT2D eigenvalue weighted by Crippen LogP contribution is -2.14. The molecule has 7 heteroatoms. The smallest absolute Gasteiger partial charge is 0.338 e. The Morgan fingerprint density at radius 3 is 2.71 bits per heavy atom. The topological polar surface area (TPSA) is 62.6 Å². The van der Waals surface area contributed by atoms with Gasteiger partial charge in [0.2, 0.25) is 0 Å². The summed E-state index contributed by atoms with van der Waals surface area (Å²) in [6, 6.07) is 12.7. The molecule has 0 radical (unpaired) electrons. The number of hydrogen-bond acceptors (Lipinski definition) is 5. The van der Waals surface area contributed by atoms with Crippen molar-refractivity contribution in [2.75, 3.05) is 6.79 Å². The van der Waals surface area contributed by atoms with E-state index < -0.39 is 5.97 Å². The molecule has 4 rings (SSSR count). The Morgan fingerprint density at radius 2 is 2.00 bits per heavy atom. The number of benzene rings is 2. The molecular formula is C21H19ClN2O4. The van der Waals surface area contributed by atoms with Crippen LogP contribution in [0.25, 0.3) is 5.69 Å². The fourth-order valence-corrected chi connectivity index (χ4v) is 3.48. The van der Waals surface area contributed by atoms with Gasteiger partial charge in [0.05, 0.1) is 23.6 Å². The first-order valence-electron chi connectivity index (χ1n) is 8.84. The summed E-state index contributed by atoms with van der Waals surface area (Å²) in [5.74, 6) is 0.254. The third kappa shape index (κ3) is 3.74. The van der Waals surface area contributed by atoms with Crippen molar-refractivity contribution in [3.63, 3.8) is 0 Å². The van der Waals surface area contributed by atoms with E-state index >= 15 is 0 Å². The van der Waals surface area contributed by atoms with Crippen LogP contribution >= 0.6 is 11.6 Å². The Balaban J connectivity index is 1.47. The van der Waals surface area contributed by atoms with Crippen molar-refractivity contribution < 1.29 is 19.0 Å². The van der Waals surface area contributed by atoms with Crippen molar-refractivity contribution in [1.82, 2.24) is 9.78 Å². The molecule has 0 bridgehead atoms. The molecule has 3 aromatic rings. The maximum Gasteiger partial charge on any atom is 0.338 e. The molecule has 0 amide bonds. The summed E-state index contributed by atoms with van der Waals surface area (Å²) < 4.78 is 18.1. The van der Waals surface area contributed by atoms with Gasteiger partial charge in [-0.25, -0.2) is 9.48 Å². The molecule has 2 aromatic carbocycles. The standard InChI is InChI=1S/C21H19ClN2O4/c1-13-7-14(2)24(23-13)19-5-3-15(4-6-19)21(25)27-11-17-9-18(22)8-16-10-26-12-28-20(16)17/h3-9H,10-12H2,1-2H3. The van der Waals surface area contributed by atoms with E-state index in [2.05, 4.69) is 5.10 Å². The fourth-order valence-electron chi connectivity index (χ4n) is 3.22. The van der Waals surface area contributed by atoms with Crippen molar-refractivity contribution in [1.29, 1.82) is 0 Å². The minimum Gasteiger partial charge on any atom is -0.467 e. The van der Waals surface area contributed by atoms with Crippen molar-refractivity contribution in [3.05, 3.63) is 75.6 Å². The van der Waals surface area contributed by atoms with Gasteiger partial charge in [0.25, 0.3) is 0 Å². The lowest BCUT2D eigenvalue weighted by Gasteiger charge is -2.21. The van der Waals surface area contributed by atoms with Crippen LogP contribution in [0, 0.1) is 13.8 Å². The average Bonchev–Trinajstić information content (AvgIpc) is 3.04. The van der Waals surface area contributed by atoms with Crippen molar-refractivity contribution >= 4 is 17.6 Å². The normalized spacial score (nSPS) is 13.0. The van der Waals surface area contributed by atoms with Gasteiger partial charge < -0.3 is 14.2 Å². The number of nitrogens with zero attached hydrogens (tertiary/aromatic N) is 2. The first-order chi connectivity index (χ1) is 13.5. The molecule has 1 aromatic heterocycles. The number of aromatic nitrogens is 2. The third-order valence-corrected chi connectivity index (χ3v) is 4.69. The van der Waals surface area contributed by atoms with E-state index in [1.165, 1.54) is 0 Å². The summed E-state index contributed by atoms with van der Waals surface area (Å²) >= 11 is 6.14. The number of aryl methyl sites for hydroxylation is 2. The molecule has 144 valence electrons. The van der Waals surface area contributed by atoms with E-state index in [1.54, 1.807) is 24.3 Å². The van der Waals surface area contributed by atoms with Gasteiger partial charge in [0.15, 0.2) is 6.79 Å². The van der Waals surface area contributed by atoms with Gasteiger partial charge >= 0.3 is 5.97 Å². The van der Waals surface area contributed by atoms with Gasteiger partial charge in [0, 0.05) is 21.8 Å². The predicted octanol–water partition coefficient (Wildman–Crippen LogP) is 4.37. The third-order valence-electron chi connectivity index (χ3n) is 4.47. The monoisotopic (exact) mass is 398 g/mol. The summed E-state index contributed by atoms with van der Waals surface area (Å²) in [6.07, 6.45) is 0. The predicted molar refractivity (Wildman–Crippen MR) is 104 cm³/mol. The minimum atomic E-state index is -0.416. The molecule has 0 unspecified atom stereocenters. The van der Waals surface area contributed by atoms with Crippen LogP contribution in [0.5, 0.6) is 5.75 Å². The van der Waals surface area contributed by atoms with Gasteiger partial charge in [-0.1, -0.05) is 11.6 Å². The lowest BCUT2D eigenvalue weighted by atomic mass is 10.1. The number of carbonyl (C=O) groups excluding carboxylic acids is 1. The second kappa shape index (κ2) is 7.66. The summed E-state index contributed by atoms with van der Waals surface area (Å²) in [6.45, 7) is 4.59. The maximum atomic E-state index is 12.4. The van der Waals surface area contributed by atoms with E-state index in [4.69, 9.17) is 25.8 Å². The molecule has 1 aliphatic heterocycles. The number of halogens is 1. The average molecular weight is 399 g/mol. The number of carbonyl (C=O) groups is 1. The van der Waals surface area contributed by atoms with Gasteiger partial charge in [-0.3, -0.25) is 0 Å². The Kier molecular flexibility index (Phi) is 5.07. The summed E-state index contributed by atoms with van der Waals surface area (Å²) in [5, 5.41) is 4.99. The second-order valence-electron chi connectivity index (χ2n) is 6.63. The molecule has 0 atom stereocenters. The lowest BCUT2D eigenvalue weighted by molar-refractivity contribution is -0.0180. The van der Waals surface area contributed by atoms with Crippen LogP contribution < -0.4 is 4.74 Å². The van der Waals surface area contributed by atoms with E-state index in [-0.39, 0.29) is 13.4 Å². The zero-order valence-electron chi connectivity index (χ0n) is 15.6. The fraction of sp³-hybridized carbons (Fsp3) is 0.238. The molecule has 28 heavy (non-hydrogen) atoms. The van der Waals surface area contributed by atoms with Crippen LogP contribution in [0.4, 0.5) is 0 Å². The van der Waals surface area contributed by atoms with Crippen LogP contribution in [-0.4, -0.2) is 22.5 Å². The molecule has 0 aliphatic carbocycles. The van der Waals surface area contributed by atoms with Crippen LogP contribution in [-0.2, 0) is 22.7 Å². The molecule has 0 fully saturated rings. The van der Waals surface area contributed by atoms with E-state index in [9.17, 15) is 4.79 Å². The number of esters is 1. The second-order valence-corrected chi connectivity index (χ2v) is 7.06. The Bertz CT molecular complexity index is 1030. The van der Waals surface area contributed by atoms with E-state index in [0.717, 1.165) is 28.2 Å². The highest BCUT2D eigenvalue weighted by molar-refractivity contribution is 6.30. The molecule has 0 N–H and O–H groups in total. The van der Waals surface area contributed by atoms with Gasteiger partial charge in [-0.05, 0) is 56.3 Å². The first kappa shape index (κ1) is 18.5. The summed E-state index contributed by atoms with van der Waals surface area (Å²) in [7, 11) is 0. The molecule has 0 saturated heterocycles. The summed E-state index contributed by atoms with van der Waals surface area (Å²) in [5.41, 5.74) is 4.89. The van der Waals surface area contributed by atoms with Gasteiger partial charge in [-0.15, -0.1) is 0 Å².